The molecular formula is C13H12N2O5S. The minimum Gasteiger partial charge on any atom is -0.497 e. The van der Waals surface area contributed by atoms with E-state index in [0.29, 0.717) is 4.90 Å². The lowest BCUT2D eigenvalue weighted by Gasteiger charge is -2.06. The first-order valence-electron chi connectivity index (χ1n) is 5.58. The van der Waals surface area contributed by atoms with Crippen molar-refractivity contribution in [3.8, 4) is 5.75 Å². The highest BCUT2D eigenvalue weighted by Gasteiger charge is 2.11. The first-order chi connectivity index (χ1) is 10.1. The number of ether oxygens (including phenoxy) is 1. The molecule has 0 spiro atoms. The summed E-state index contributed by atoms with van der Waals surface area (Å²) in [6.45, 7) is 0. The van der Waals surface area contributed by atoms with Crippen LogP contribution in [0.25, 0.3) is 0 Å². The van der Waals surface area contributed by atoms with Crippen LogP contribution in [-0.2, 0) is 0 Å². The molecule has 0 aliphatic rings. The van der Waals surface area contributed by atoms with Crippen molar-refractivity contribution in [2.75, 3.05) is 7.11 Å². The molecular weight excluding hydrogens is 296 g/mol. The van der Waals surface area contributed by atoms with Crippen LogP contribution in [0.4, 0.5) is 0 Å². The topological polar surface area (TPSA) is 109 Å². The smallest absolute Gasteiger partial charge is 0.336 e. The van der Waals surface area contributed by atoms with Crippen LogP contribution in [-0.4, -0.2) is 28.4 Å². The lowest BCUT2D eigenvalue weighted by atomic mass is 10.3. The molecule has 0 saturated carbocycles. The fourth-order valence-corrected chi connectivity index (χ4v) is 2.38. The number of nitrogens with zero attached hydrogens (tertiary/aromatic N) is 2. The number of pyridine rings is 1. The molecule has 8 heteroatoms. The van der Waals surface area contributed by atoms with Crippen molar-refractivity contribution in [1.82, 2.24) is 4.98 Å². The van der Waals surface area contributed by atoms with Gasteiger partial charge < -0.3 is 15.1 Å². The summed E-state index contributed by atoms with van der Waals surface area (Å²) in [7, 11) is 1.59. The number of aromatic carboxylic acids is 1. The first kappa shape index (κ1) is 16.4. The fraction of sp³-hybridized carbons (Fsp3) is 0.0769. The molecule has 1 aromatic carbocycles. The van der Waals surface area contributed by atoms with Crippen LogP contribution in [0.15, 0.2) is 57.9 Å². The van der Waals surface area contributed by atoms with Crippen molar-refractivity contribution in [2.24, 2.45) is 5.34 Å². The van der Waals surface area contributed by atoms with Gasteiger partial charge in [0.15, 0.2) is 5.34 Å². The highest BCUT2D eigenvalue weighted by Crippen LogP contribution is 2.31. The second-order valence-electron chi connectivity index (χ2n) is 3.54. The van der Waals surface area contributed by atoms with Gasteiger partial charge in [-0.25, -0.2) is 4.79 Å². The maximum atomic E-state index is 11.1. The van der Waals surface area contributed by atoms with E-state index in [1.54, 1.807) is 13.3 Å². The van der Waals surface area contributed by atoms with Crippen molar-refractivity contribution in [3.05, 3.63) is 53.2 Å². The van der Waals surface area contributed by atoms with Crippen molar-refractivity contribution in [1.29, 1.82) is 0 Å². The van der Waals surface area contributed by atoms with Gasteiger partial charge in [-0.15, -0.1) is 4.91 Å². The van der Waals surface area contributed by atoms with Gasteiger partial charge in [-0.3, -0.25) is 4.98 Å². The zero-order valence-corrected chi connectivity index (χ0v) is 11.8. The minimum atomic E-state index is -0.956. The molecule has 110 valence electrons. The molecule has 0 atom stereocenters. The fourth-order valence-electron chi connectivity index (χ4n) is 1.43. The predicted octanol–water partition coefficient (Wildman–Crippen LogP) is 3.08. The van der Waals surface area contributed by atoms with Crippen LogP contribution in [0.1, 0.15) is 10.4 Å². The number of hydrogen-bond donors (Lipinski definition) is 2. The second kappa shape index (κ2) is 8.54. The van der Waals surface area contributed by atoms with E-state index in [4.69, 9.17) is 20.0 Å². The lowest BCUT2D eigenvalue weighted by Crippen LogP contribution is -1.98. The highest BCUT2D eigenvalue weighted by atomic mass is 32.2. The van der Waals surface area contributed by atoms with Crippen molar-refractivity contribution in [3.63, 3.8) is 0 Å². The van der Waals surface area contributed by atoms with Gasteiger partial charge in [-0.05, 0) is 24.3 Å². The van der Waals surface area contributed by atoms with Crippen molar-refractivity contribution in [2.45, 2.75) is 9.79 Å². The Kier molecular flexibility index (Phi) is 6.69. The third-order valence-electron chi connectivity index (χ3n) is 2.28. The summed E-state index contributed by atoms with van der Waals surface area (Å²) in [6, 6.07) is 8.93. The number of carbonyl (C=O) groups is 1. The van der Waals surface area contributed by atoms with Gasteiger partial charge in [0.1, 0.15) is 5.75 Å². The molecule has 0 fully saturated rings. The number of carboxylic acids is 1. The lowest BCUT2D eigenvalue weighted by molar-refractivity contribution is 0.0693. The molecule has 0 aliphatic heterocycles. The van der Waals surface area contributed by atoms with E-state index >= 15 is 0 Å². The van der Waals surface area contributed by atoms with E-state index < -0.39 is 5.97 Å². The molecule has 7 nitrogen and oxygen atoms in total. The van der Waals surface area contributed by atoms with E-state index in [9.17, 15) is 4.79 Å². The Morgan fingerprint density at radius 3 is 2.71 bits per heavy atom. The molecule has 21 heavy (non-hydrogen) atoms. The maximum absolute atomic E-state index is 11.1. The van der Waals surface area contributed by atoms with Crippen LogP contribution in [0.5, 0.6) is 5.75 Å². The van der Waals surface area contributed by atoms with Gasteiger partial charge in [0.2, 0.25) is 0 Å². The van der Waals surface area contributed by atoms with Crippen molar-refractivity contribution < 1.29 is 19.8 Å². The number of aromatic nitrogens is 1. The standard InChI is InChI=1S/C13H11NO3S.HNO2/c1-17-9-3-2-4-10(7-9)18-12-8-14-6-5-11(12)13(15)16;2-1-3/h2-8H,1H3,(H,15,16);(H,2,3). The quantitative estimate of drug-likeness (QED) is 0.659. The number of methoxy groups -OCH3 is 1. The Morgan fingerprint density at radius 1 is 1.38 bits per heavy atom. The first-order valence-corrected chi connectivity index (χ1v) is 6.40. The molecule has 1 heterocycles. The largest absolute Gasteiger partial charge is 0.497 e. The monoisotopic (exact) mass is 308 g/mol. The Balaban J connectivity index is 0.000000677. The summed E-state index contributed by atoms with van der Waals surface area (Å²) in [5, 5.41) is 17.0. The molecule has 0 aliphatic carbocycles. The van der Waals surface area contributed by atoms with Crippen LogP contribution in [0.3, 0.4) is 0 Å². The maximum Gasteiger partial charge on any atom is 0.336 e. The van der Waals surface area contributed by atoms with E-state index in [1.807, 2.05) is 24.3 Å². The van der Waals surface area contributed by atoms with Crippen LogP contribution in [0.2, 0.25) is 0 Å². The molecule has 1 aromatic heterocycles. The van der Waals surface area contributed by atoms with E-state index in [1.165, 1.54) is 29.4 Å². The molecule has 0 bridgehead atoms. The molecule has 0 radical (unpaired) electrons. The Morgan fingerprint density at radius 2 is 2.10 bits per heavy atom. The van der Waals surface area contributed by atoms with Crippen LogP contribution < -0.4 is 4.74 Å². The highest BCUT2D eigenvalue weighted by molar-refractivity contribution is 7.99. The Hall–Kier alpha value is -2.61. The van der Waals surface area contributed by atoms with Gasteiger partial charge in [0, 0.05) is 22.2 Å². The number of benzene rings is 1. The van der Waals surface area contributed by atoms with Gasteiger partial charge in [0.25, 0.3) is 0 Å². The summed E-state index contributed by atoms with van der Waals surface area (Å²) in [5.41, 5.74) is 0.248. The zero-order valence-electron chi connectivity index (χ0n) is 11.0. The number of carboxylic acid groups (broad SMARTS) is 1. The van der Waals surface area contributed by atoms with Crippen molar-refractivity contribution >= 4 is 17.7 Å². The van der Waals surface area contributed by atoms with Crippen LogP contribution >= 0.6 is 11.8 Å². The summed E-state index contributed by atoms with van der Waals surface area (Å²) in [6.07, 6.45) is 3.02. The van der Waals surface area contributed by atoms with Gasteiger partial charge in [-0.1, -0.05) is 17.8 Å². The van der Waals surface area contributed by atoms with E-state index in [-0.39, 0.29) is 5.56 Å². The summed E-state index contributed by atoms with van der Waals surface area (Å²) < 4.78 is 5.12. The molecule has 0 unspecified atom stereocenters. The molecule has 0 amide bonds. The van der Waals surface area contributed by atoms with Crippen LogP contribution in [0, 0.1) is 4.91 Å². The SMILES string of the molecule is COc1cccc(Sc2cnccc2C(=O)O)c1.O=NO. The predicted molar refractivity (Wildman–Crippen MR) is 75.9 cm³/mol. The Bertz CT molecular complexity index is 621. The second-order valence-corrected chi connectivity index (χ2v) is 4.66. The third kappa shape index (κ3) is 5.11. The molecule has 0 saturated heterocycles. The molecule has 2 rings (SSSR count). The normalized spacial score (nSPS) is 9.19. The number of hydrogen-bond acceptors (Lipinski definition) is 6. The molecule has 2 aromatic rings. The van der Waals surface area contributed by atoms with Gasteiger partial charge >= 0.3 is 5.97 Å². The third-order valence-corrected chi connectivity index (χ3v) is 3.32. The minimum absolute atomic E-state index is 0.248. The Labute approximate surface area is 124 Å². The van der Waals surface area contributed by atoms with Gasteiger partial charge in [0.05, 0.1) is 12.7 Å². The van der Waals surface area contributed by atoms with E-state index in [0.717, 1.165) is 10.6 Å². The zero-order chi connectivity index (χ0) is 15.7. The summed E-state index contributed by atoms with van der Waals surface area (Å²) >= 11 is 1.35. The number of rotatable bonds is 4. The molecule has 2 N–H and O–H groups in total. The summed E-state index contributed by atoms with van der Waals surface area (Å²) in [5.74, 6) is -0.219. The average molecular weight is 308 g/mol. The van der Waals surface area contributed by atoms with E-state index in [2.05, 4.69) is 4.98 Å². The summed E-state index contributed by atoms with van der Waals surface area (Å²) in [4.78, 5) is 24.6. The average Bonchev–Trinajstić information content (AvgIpc) is 2.48. The van der Waals surface area contributed by atoms with Gasteiger partial charge in [-0.2, -0.15) is 0 Å².